The van der Waals surface area contributed by atoms with Crippen LogP contribution in [0.15, 0.2) is 36.0 Å². The number of amides is 1. The second-order valence-electron chi connectivity index (χ2n) is 5.75. The molecule has 1 aromatic heterocycles. The van der Waals surface area contributed by atoms with Crippen molar-refractivity contribution < 1.29 is 19.0 Å². The maximum Gasteiger partial charge on any atom is 0.292 e. The van der Waals surface area contributed by atoms with Crippen molar-refractivity contribution in [1.82, 2.24) is 9.88 Å². The van der Waals surface area contributed by atoms with E-state index >= 15 is 0 Å². The van der Waals surface area contributed by atoms with Gasteiger partial charge in [-0.3, -0.25) is 9.78 Å². The zero-order valence-electron chi connectivity index (χ0n) is 13.4. The van der Waals surface area contributed by atoms with Gasteiger partial charge >= 0.3 is 0 Å². The standard InChI is InChI=1S/C17H22N2O4/c1-13-16(22-10-9-21-13)17(20)19-7-4-15(5-8-19)23-12-14-3-2-6-18-11-14/h2-3,6,11,15H,4-5,7-10,12H2,1H3. The third kappa shape index (κ3) is 4.01. The Hall–Kier alpha value is -2.08. The van der Waals surface area contributed by atoms with Crippen LogP contribution in [-0.2, 0) is 25.6 Å². The minimum Gasteiger partial charge on any atom is -0.491 e. The molecule has 0 bridgehead atoms. The lowest BCUT2D eigenvalue weighted by molar-refractivity contribution is -0.135. The van der Waals surface area contributed by atoms with Crippen LogP contribution in [0.2, 0.25) is 0 Å². The van der Waals surface area contributed by atoms with Gasteiger partial charge < -0.3 is 19.1 Å². The first-order valence-electron chi connectivity index (χ1n) is 8.00. The van der Waals surface area contributed by atoms with E-state index in [2.05, 4.69) is 4.98 Å². The Bertz CT molecular complexity index is 565. The summed E-state index contributed by atoms with van der Waals surface area (Å²) < 4.78 is 16.8. The van der Waals surface area contributed by atoms with Gasteiger partial charge in [0.2, 0.25) is 5.76 Å². The lowest BCUT2D eigenvalue weighted by Crippen LogP contribution is -2.42. The van der Waals surface area contributed by atoms with Gasteiger partial charge in [0.15, 0.2) is 0 Å². The van der Waals surface area contributed by atoms with Crippen molar-refractivity contribution in [3.05, 3.63) is 41.6 Å². The largest absolute Gasteiger partial charge is 0.491 e. The van der Waals surface area contributed by atoms with Crippen molar-refractivity contribution in [1.29, 1.82) is 0 Å². The molecule has 6 nitrogen and oxygen atoms in total. The van der Waals surface area contributed by atoms with Crippen LogP contribution >= 0.6 is 0 Å². The van der Waals surface area contributed by atoms with E-state index in [0.717, 1.165) is 18.4 Å². The molecule has 2 aliphatic rings. The zero-order chi connectivity index (χ0) is 16.1. The molecule has 3 rings (SSSR count). The zero-order valence-corrected chi connectivity index (χ0v) is 13.4. The van der Waals surface area contributed by atoms with Crippen LogP contribution in [0.4, 0.5) is 0 Å². The maximum atomic E-state index is 12.5. The van der Waals surface area contributed by atoms with E-state index in [0.29, 0.717) is 44.4 Å². The van der Waals surface area contributed by atoms with Gasteiger partial charge in [-0.1, -0.05) is 6.07 Å². The molecule has 0 N–H and O–H groups in total. The van der Waals surface area contributed by atoms with Gasteiger partial charge in [0.25, 0.3) is 5.91 Å². The normalized spacial score (nSPS) is 19.3. The Morgan fingerprint density at radius 2 is 2.13 bits per heavy atom. The highest BCUT2D eigenvalue weighted by Gasteiger charge is 2.29. The number of aromatic nitrogens is 1. The van der Waals surface area contributed by atoms with Gasteiger partial charge in [-0.15, -0.1) is 0 Å². The van der Waals surface area contributed by atoms with Crippen molar-refractivity contribution in [3.8, 4) is 0 Å². The molecule has 0 radical (unpaired) electrons. The minimum absolute atomic E-state index is 0.0760. The molecule has 0 spiro atoms. The number of hydrogen-bond donors (Lipinski definition) is 0. The number of carbonyl (C=O) groups excluding carboxylic acids is 1. The fourth-order valence-electron chi connectivity index (χ4n) is 2.78. The Morgan fingerprint density at radius 1 is 1.35 bits per heavy atom. The predicted octanol–water partition coefficient (Wildman–Crippen LogP) is 1.87. The Labute approximate surface area is 136 Å². The van der Waals surface area contributed by atoms with Gasteiger partial charge in [0.1, 0.15) is 19.0 Å². The second kappa shape index (κ2) is 7.46. The van der Waals surface area contributed by atoms with E-state index < -0.39 is 0 Å². The van der Waals surface area contributed by atoms with Crippen LogP contribution in [0.5, 0.6) is 0 Å². The molecule has 124 valence electrons. The van der Waals surface area contributed by atoms with Gasteiger partial charge in [-0.25, -0.2) is 0 Å². The van der Waals surface area contributed by atoms with Crippen molar-refractivity contribution in [2.75, 3.05) is 26.3 Å². The molecule has 2 aliphatic heterocycles. The molecule has 0 atom stereocenters. The van der Waals surface area contributed by atoms with Gasteiger partial charge in [0.05, 0.1) is 12.7 Å². The third-order valence-electron chi connectivity index (χ3n) is 4.10. The topological polar surface area (TPSA) is 60.9 Å². The summed E-state index contributed by atoms with van der Waals surface area (Å²) in [6, 6.07) is 3.91. The summed E-state index contributed by atoms with van der Waals surface area (Å²) in [6.07, 6.45) is 5.41. The number of pyridine rings is 1. The minimum atomic E-state index is -0.0760. The van der Waals surface area contributed by atoms with E-state index in [1.807, 2.05) is 23.2 Å². The first-order chi connectivity index (χ1) is 11.2. The summed E-state index contributed by atoms with van der Waals surface area (Å²) in [5, 5.41) is 0. The van der Waals surface area contributed by atoms with Crippen molar-refractivity contribution >= 4 is 5.91 Å². The van der Waals surface area contributed by atoms with Crippen LogP contribution < -0.4 is 0 Å². The highest BCUT2D eigenvalue weighted by atomic mass is 16.6. The molecule has 0 unspecified atom stereocenters. The number of rotatable bonds is 4. The lowest BCUT2D eigenvalue weighted by Gasteiger charge is -2.33. The molecule has 1 amide bonds. The number of ether oxygens (including phenoxy) is 3. The van der Waals surface area contributed by atoms with Crippen LogP contribution in [0.3, 0.4) is 0 Å². The predicted molar refractivity (Wildman–Crippen MR) is 83.2 cm³/mol. The SMILES string of the molecule is CC1=C(C(=O)N2CCC(OCc3cccnc3)CC2)OCCO1. The summed E-state index contributed by atoms with van der Waals surface area (Å²) in [5.74, 6) is 0.857. The Balaban J connectivity index is 1.47. The molecule has 23 heavy (non-hydrogen) atoms. The third-order valence-corrected chi connectivity index (χ3v) is 4.10. The molecule has 3 heterocycles. The molecule has 1 fully saturated rings. The fourth-order valence-corrected chi connectivity index (χ4v) is 2.78. The molecule has 1 saturated heterocycles. The maximum absolute atomic E-state index is 12.5. The summed E-state index contributed by atoms with van der Waals surface area (Å²) >= 11 is 0. The van der Waals surface area contributed by atoms with Crippen LogP contribution in [0, 0.1) is 0 Å². The molecule has 1 aromatic rings. The highest BCUT2D eigenvalue weighted by Crippen LogP contribution is 2.20. The van der Waals surface area contributed by atoms with Crippen LogP contribution in [0.25, 0.3) is 0 Å². The average Bonchev–Trinajstić information content (AvgIpc) is 2.61. The Kier molecular flexibility index (Phi) is 5.12. The second-order valence-corrected chi connectivity index (χ2v) is 5.75. The lowest BCUT2D eigenvalue weighted by atomic mass is 10.1. The molecule has 6 heteroatoms. The van der Waals surface area contributed by atoms with E-state index in [-0.39, 0.29) is 12.0 Å². The molecule has 0 aliphatic carbocycles. The average molecular weight is 318 g/mol. The van der Waals surface area contributed by atoms with Crippen LogP contribution in [0.1, 0.15) is 25.3 Å². The molecular formula is C17H22N2O4. The van der Waals surface area contributed by atoms with E-state index in [1.165, 1.54) is 0 Å². The summed E-state index contributed by atoms with van der Waals surface area (Å²) in [6.45, 7) is 4.63. The summed E-state index contributed by atoms with van der Waals surface area (Å²) in [7, 11) is 0. The van der Waals surface area contributed by atoms with E-state index in [1.54, 1.807) is 13.1 Å². The van der Waals surface area contributed by atoms with Crippen molar-refractivity contribution in [3.63, 3.8) is 0 Å². The number of likely N-dealkylation sites (tertiary alicyclic amines) is 1. The van der Waals surface area contributed by atoms with Crippen molar-refractivity contribution in [2.45, 2.75) is 32.5 Å². The molecule has 0 aromatic carbocycles. The van der Waals surface area contributed by atoms with E-state index in [4.69, 9.17) is 14.2 Å². The van der Waals surface area contributed by atoms with Gasteiger partial charge in [0, 0.05) is 25.5 Å². The Morgan fingerprint density at radius 3 is 2.83 bits per heavy atom. The van der Waals surface area contributed by atoms with Gasteiger partial charge in [-0.05, 0) is 31.4 Å². The first-order valence-corrected chi connectivity index (χ1v) is 8.00. The summed E-state index contributed by atoms with van der Waals surface area (Å²) in [5.41, 5.74) is 1.07. The van der Waals surface area contributed by atoms with Crippen LogP contribution in [-0.4, -0.2) is 48.2 Å². The smallest absolute Gasteiger partial charge is 0.292 e. The van der Waals surface area contributed by atoms with Gasteiger partial charge in [-0.2, -0.15) is 0 Å². The number of hydrogen-bond acceptors (Lipinski definition) is 5. The number of allylic oxidation sites excluding steroid dienone is 1. The quantitative estimate of drug-likeness (QED) is 0.848. The summed E-state index contributed by atoms with van der Waals surface area (Å²) in [4.78, 5) is 18.4. The van der Waals surface area contributed by atoms with E-state index in [9.17, 15) is 4.79 Å². The number of piperidine rings is 1. The molecular weight excluding hydrogens is 296 g/mol. The first kappa shape index (κ1) is 15.8. The molecule has 0 saturated carbocycles. The number of nitrogens with zero attached hydrogens (tertiary/aromatic N) is 2. The monoisotopic (exact) mass is 318 g/mol. The number of carbonyl (C=O) groups is 1. The van der Waals surface area contributed by atoms with Crippen molar-refractivity contribution in [2.24, 2.45) is 0 Å². The highest BCUT2D eigenvalue weighted by molar-refractivity contribution is 5.92. The fraction of sp³-hybridized carbons (Fsp3) is 0.529.